The molecule has 0 saturated carbocycles. The van der Waals surface area contributed by atoms with E-state index in [1.165, 1.54) is 49.9 Å². The van der Waals surface area contributed by atoms with Gasteiger partial charge in [-0.1, -0.05) is 94.9 Å². The molecule has 0 saturated heterocycles. The van der Waals surface area contributed by atoms with Crippen LogP contribution in [0.3, 0.4) is 0 Å². The van der Waals surface area contributed by atoms with Crippen molar-refractivity contribution >= 4 is 21.8 Å². The van der Waals surface area contributed by atoms with Gasteiger partial charge in [-0.05, 0) is 76.6 Å². The van der Waals surface area contributed by atoms with Crippen molar-refractivity contribution in [2.75, 3.05) is 0 Å². The molecule has 0 atom stereocenters. The van der Waals surface area contributed by atoms with E-state index in [1.807, 2.05) is 30.5 Å². The van der Waals surface area contributed by atoms with Gasteiger partial charge in [-0.15, -0.1) is 59.2 Å². The minimum absolute atomic E-state index is 0. The van der Waals surface area contributed by atoms with Crippen LogP contribution in [0, 0.1) is 26.0 Å². The van der Waals surface area contributed by atoms with Gasteiger partial charge in [0, 0.05) is 17.1 Å². The molecule has 4 heteroatoms. The number of aryl methyl sites for hydroxylation is 2. The monoisotopic (exact) mass is 780 g/mol. The van der Waals surface area contributed by atoms with Crippen molar-refractivity contribution in [3.8, 4) is 39.5 Å². The fraction of sp³-hybridized carbons (Fsp3) is 0.0698. The van der Waals surface area contributed by atoms with E-state index in [2.05, 4.69) is 133 Å². The van der Waals surface area contributed by atoms with E-state index in [1.54, 1.807) is 0 Å². The normalized spacial score (nSPS) is 13.3. The Labute approximate surface area is 287 Å². The van der Waals surface area contributed by atoms with Crippen LogP contribution < -0.4 is 0 Å². The molecule has 1 spiro atoms. The number of hydrogen-bond acceptors (Lipinski definition) is 2. The molecule has 0 fully saturated rings. The van der Waals surface area contributed by atoms with Crippen LogP contribution in [0.5, 0.6) is 0 Å². The van der Waals surface area contributed by atoms with Crippen molar-refractivity contribution in [3.63, 3.8) is 0 Å². The zero-order valence-electron chi connectivity index (χ0n) is 25.8. The van der Waals surface area contributed by atoms with Crippen molar-refractivity contribution in [2.45, 2.75) is 19.3 Å². The smallest absolute Gasteiger partial charge is 0.313 e. The number of para-hydroxylation sites is 1. The van der Waals surface area contributed by atoms with E-state index in [9.17, 15) is 0 Å². The van der Waals surface area contributed by atoms with Crippen molar-refractivity contribution in [1.29, 1.82) is 0 Å². The second kappa shape index (κ2) is 10.2. The first-order chi connectivity index (χ1) is 22.6. The Hall–Kier alpha value is -5.11. The molecule has 3 aromatic heterocycles. The number of rotatable bonds is 2. The topological polar surface area (TPSA) is 30.7 Å². The Morgan fingerprint density at radius 1 is 0.660 bits per heavy atom. The molecular formula is C43H27N3Pt. The average molecular weight is 781 g/mol. The molecule has 0 bridgehead atoms. The van der Waals surface area contributed by atoms with Gasteiger partial charge in [0.1, 0.15) is 5.82 Å². The minimum atomic E-state index is -0.445. The Bertz CT molecular complexity index is 2510. The Kier molecular flexibility index (Phi) is 6.10. The summed E-state index contributed by atoms with van der Waals surface area (Å²) in [5.74, 6) is 0.867. The van der Waals surface area contributed by atoms with Gasteiger partial charge < -0.3 is 9.55 Å². The van der Waals surface area contributed by atoms with Crippen LogP contribution in [0.15, 0.2) is 128 Å². The molecule has 0 N–H and O–H groups in total. The Morgan fingerprint density at radius 2 is 1.40 bits per heavy atom. The van der Waals surface area contributed by atoms with Crippen molar-refractivity contribution in [3.05, 3.63) is 173 Å². The number of benzene rings is 5. The van der Waals surface area contributed by atoms with Crippen LogP contribution in [-0.4, -0.2) is 14.5 Å². The minimum Gasteiger partial charge on any atom is -0.313 e. The van der Waals surface area contributed by atoms with Gasteiger partial charge in [-0.25, -0.2) is 0 Å². The van der Waals surface area contributed by atoms with Gasteiger partial charge in [-0.2, -0.15) is 0 Å². The summed E-state index contributed by atoms with van der Waals surface area (Å²) in [6, 6.07) is 51.0. The van der Waals surface area contributed by atoms with E-state index >= 15 is 0 Å². The summed E-state index contributed by atoms with van der Waals surface area (Å²) < 4.78 is 2.26. The van der Waals surface area contributed by atoms with Gasteiger partial charge in [-0.3, -0.25) is 4.98 Å². The molecule has 3 nitrogen and oxygen atoms in total. The molecule has 47 heavy (non-hydrogen) atoms. The largest absolute Gasteiger partial charge is 2.00 e. The molecule has 3 heterocycles. The van der Waals surface area contributed by atoms with E-state index in [0.29, 0.717) is 0 Å². The van der Waals surface area contributed by atoms with E-state index in [0.717, 1.165) is 44.8 Å². The number of fused-ring (bicyclic) bond motifs is 13. The fourth-order valence-electron chi connectivity index (χ4n) is 8.10. The van der Waals surface area contributed by atoms with Crippen LogP contribution in [-0.2, 0) is 26.5 Å². The average Bonchev–Trinajstić information content (AvgIpc) is 3.69. The SMILES string of the molecule is Cc1ccc2c(c1)-c1cc(C)ccc1C21c2ccc[c-]c2-c2nc(-n3c4[c-]c(-c5ccccn5)ccc4c4ccccc43)ccc21.[Pt+2]. The number of aromatic nitrogens is 3. The first-order valence-electron chi connectivity index (χ1n) is 15.8. The molecular weight excluding hydrogens is 754 g/mol. The van der Waals surface area contributed by atoms with E-state index in [4.69, 9.17) is 4.98 Å². The standard InChI is InChI=1S/C43H27N3.Pt/c1-26-14-18-35-32(23-26)33-24-27(2)15-19-36(33)43(35)34-11-5-3-10-31(34)42-37(43)20-21-41(45-42)46-39-13-6-4-9-29(39)30-17-16-28(25-40(30)46)38-12-7-8-22-44-38;/h3-9,11-24H,1-2H3;/q-2;+2. The second-order valence-electron chi connectivity index (χ2n) is 12.6. The Balaban J connectivity index is 0.00000302. The summed E-state index contributed by atoms with van der Waals surface area (Å²) in [6.45, 7) is 4.36. The maximum Gasteiger partial charge on any atom is 2.00 e. The van der Waals surface area contributed by atoms with E-state index < -0.39 is 5.41 Å². The summed E-state index contributed by atoms with van der Waals surface area (Å²) in [5.41, 5.74) is 15.8. The predicted molar refractivity (Wildman–Crippen MR) is 185 cm³/mol. The van der Waals surface area contributed by atoms with Crippen molar-refractivity contribution < 1.29 is 21.1 Å². The van der Waals surface area contributed by atoms with Crippen LogP contribution >= 0.6 is 0 Å². The summed E-state index contributed by atoms with van der Waals surface area (Å²) in [4.78, 5) is 10.1. The molecule has 0 unspecified atom stereocenters. The van der Waals surface area contributed by atoms with Gasteiger partial charge in [0.05, 0.1) is 0 Å². The zero-order valence-corrected chi connectivity index (χ0v) is 28.1. The van der Waals surface area contributed by atoms with Crippen molar-refractivity contribution in [1.82, 2.24) is 14.5 Å². The molecule has 2 aliphatic rings. The third kappa shape index (κ3) is 3.72. The van der Waals surface area contributed by atoms with E-state index in [-0.39, 0.29) is 21.1 Å². The van der Waals surface area contributed by atoms with Gasteiger partial charge >= 0.3 is 21.1 Å². The first-order valence-corrected chi connectivity index (χ1v) is 15.8. The molecule has 0 amide bonds. The molecule has 8 aromatic rings. The van der Waals surface area contributed by atoms with Gasteiger partial charge in [0.15, 0.2) is 0 Å². The molecule has 0 radical (unpaired) electrons. The summed E-state index contributed by atoms with van der Waals surface area (Å²) in [6.07, 6.45) is 1.83. The second-order valence-corrected chi connectivity index (χ2v) is 12.6. The number of pyridine rings is 2. The molecule has 0 aliphatic heterocycles. The summed E-state index contributed by atoms with van der Waals surface area (Å²) in [7, 11) is 0. The quantitative estimate of drug-likeness (QED) is 0.164. The summed E-state index contributed by atoms with van der Waals surface area (Å²) >= 11 is 0. The maximum atomic E-state index is 5.54. The number of nitrogens with zero attached hydrogens (tertiary/aromatic N) is 3. The van der Waals surface area contributed by atoms with Crippen molar-refractivity contribution in [2.24, 2.45) is 0 Å². The number of hydrogen-bond donors (Lipinski definition) is 0. The molecule has 10 rings (SSSR count). The third-order valence-electron chi connectivity index (χ3n) is 9.98. The van der Waals surface area contributed by atoms with Crippen LogP contribution in [0.25, 0.3) is 61.3 Å². The molecule has 224 valence electrons. The van der Waals surface area contributed by atoms with Crippen LogP contribution in [0.2, 0.25) is 0 Å². The molecule has 2 aliphatic carbocycles. The van der Waals surface area contributed by atoms with Crippen LogP contribution in [0.4, 0.5) is 0 Å². The molecule has 5 aromatic carbocycles. The zero-order chi connectivity index (χ0) is 30.6. The summed E-state index contributed by atoms with van der Waals surface area (Å²) in [5, 5.41) is 2.32. The third-order valence-corrected chi connectivity index (χ3v) is 9.98. The van der Waals surface area contributed by atoms with Gasteiger partial charge in [0.2, 0.25) is 0 Å². The maximum absolute atomic E-state index is 5.54. The Morgan fingerprint density at radius 3 is 2.17 bits per heavy atom. The fourth-order valence-corrected chi connectivity index (χ4v) is 8.10. The first kappa shape index (κ1) is 28.1. The van der Waals surface area contributed by atoms with Gasteiger partial charge in [0.25, 0.3) is 0 Å². The van der Waals surface area contributed by atoms with Crippen LogP contribution in [0.1, 0.15) is 33.4 Å². The predicted octanol–water partition coefficient (Wildman–Crippen LogP) is 9.80.